The van der Waals surface area contributed by atoms with Gasteiger partial charge < -0.3 is 5.11 Å². The highest BCUT2D eigenvalue weighted by molar-refractivity contribution is 6.31. The first-order chi connectivity index (χ1) is 8.20. The van der Waals surface area contributed by atoms with E-state index in [1.54, 1.807) is 0 Å². The van der Waals surface area contributed by atoms with Crippen LogP contribution in [0.25, 0.3) is 0 Å². The van der Waals surface area contributed by atoms with E-state index < -0.39 is 17.8 Å². The molecule has 0 spiro atoms. The minimum absolute atomic E-state index is 0.0624. The lowest BCUT2D eigenvalue weighted by Gasteiger charge is -2.14. The van der Waals surface area contributed by atoms with Gasteiger partial charge in [0.15, 0.2) is 0 Å². The van der Waals surface area contributed by atoms with Crippen molar-refractivity contribution >= 4 is 11.6 Å². The fraction of sp³-hybridized carbons (Fsp3) is 0.583. The largest absolute Gasteiger partial charge is 0.417 e. The number of hydrogen-bond donors (Lipinski definition) is 1. The maximum atomic E-state index is 12.4. The molecule has 1 heterocycles. The Morgan fingerprint density at radius 1 is 1.39 bits per heavy atom. The molecular weight excluding hydrogens is 267 g/mol. The number of nitrogens with zero attached hydrogens (tertiary/aromatic N) is 1. The van der Waals surface area contributed by atoms with E-state index >= 15 is 0 Å². The molecule has 0 bridgehead atoms. The molecule has 1 unspecified atom stereocenters. The van der Waals surface area contributed by atoms with E-state index in [9.17, 15) is 18.3 Å². The first-order valence-corrected chi connectivity index (χ1v) is 5.97. The molecular formula is C12H15ClF3NO. The lowest BCUT2D eigenvalue weighted by molar-refractivity contribution is -0.137. The second-order valence-corrected chi connectivity index (χ2v) is 5.04. The Bertz CT molecular complexity index is 407. The molecule has 1 aromatic heterocycles. The Morgan fingerprint density at radius 3 is 2.44 bits per heavy atom. The SMILES string of the molecule is CC(C)CC(O)Cc1ncc(C(F)(F)F)cc1Cl. The van der Waals surface area contributed by atoms with Crippen molar-refractivity contribution < 1.29 is 18.3 Å². The molecule has 18 heavy (non-hydrogen) atoms. The summed E-state index contributed by atoms with van der Waals surface area (Å²) >= 11 is 5.74. The van der Waals surface area contributed by atoms with Crippen LogP contribution in [0.4, 0.5) is 13.2 Å². The van der Waals surface area contributed by atoms with Gasteiger partial charge in [0.25, 0.3) is 0 Å². The second-order valence-electron chi connectivity index (χ2n) is 4.64. The molecule has 0 aromatic carbocycles. The molecule has 0 fully saturated rings. The summed E-state index contributed by atoms with van der Waals surface area (Å²) in [5.41, 5.74) is -0.590. The van der Waals surface area contributed by atoms with Gasteiger partial charge in [-0.1, -0.05) is 25.4 Å². The monoisotopic (exact) mass is 281 g/mol. The van der Waals surface area contributed by atoms with Gasteiger partial charge in [-0.05, 0) is 18.4 Å². The zero-order valence-corrected chi connectivity index (χ0v) is 10.9. The maximum absolute atomic E-state index is 12.4. The third-order valence-electron chi connectivity index (χ3n) is 2.42. The number of hydrogen-bond acceptors (Lipinski definition) is 2. The van der Waals surface area contributed by atoms with E-state index in [2.05, 4.69) is 4.98 Å². The Balaban J connectivity index is 2.80. The van der Waals surface area contributed by atoms with Crippen molar-refractivity contribution in [2.45, 2.75) is 39.0 Å². The standard InChI is InChI=1S/C12H15ClF3NO/c1-7(2)3-9(18)5-11-10(13)4-8(6-17-11)12(14,15)16/h4,6-7,9,18H,3,5H2,1-2H3. The summed E-state index contributed by atoms with van der Waals surface area (Å²) in [6.45, 7) is 3.90. The van der Waals surface area contributed by atoms with Crippen molar-refractivity contribution in [3.8, 4) is 0 Å². The topological polar surface area (TPSA) is 33.1 Å². The van der Waals surface area contributed by atoms with E-state index in [0.29, 0.717) is 12.3 Å². The van der Waals surface area contributed by atoms with Crippen molar-refractivity contribution in [2.24, 2.45) is 5.92 Å². The first kappa shape index (κ1) is 15.2. The summed E-state index contributed by atoms with van der Waals surface area (Å²) in [7, 11) is 0. The first-order valence-electron chi connectivity index (χ1n) is 5.59. The quantitative estimate of drug-likeness (QED) is 0.913. The van der Waals surface area contributed by atoms with Crippen LogP contribution in [0.15, 0.2) is 12.3 Å². The van der Waals surface area contributed by atoms with Crippen molar-refractivity contribution in [1.29, 1.82) is 0 Å². The van der Waals surface area contributed by atoms with Crippen molar-refractivity contribution in [1.82, 2.24) is 4.98 Å². The molecule has 0 saturated carbocycles. The Morgan fingerprint density at radius 2 is 2.00 bits per heavy atom. The minimum Gasteiger partial charge on any atom is -0.393 e. The molecule has 1 N–H and O–H groups in total. The third kappa shape index (κ3) is 4.46. The molecule has 0 aliphatic carbocycles. The zero-order chi connectivity index (χ0) is 13.9. The maximum Gasteiger partial charge on any atom is 0.417 e. The summed E-state index contributed by atoms with van der Waals surface area (Å²) in [5.74, 6) is 0.299. The highest BCUT2D eigenvalue weighted by Gasteiger charge is 2.31. The number of aliphatic hydroxyl groups excluding tert-OH is 1. The van der Waals surface area contributed by atoms with E-state index in [1.165, 1.54) is 0 Å². The molecule has 0 radical (unpaired) electrons. The van der Waals surface area contributed by atoms with Gasteiger partial charge in [-0.15, -0.1) is 0 Å². The van der Waals surface area contributed by atoms with Crippen molar-refractivity contribution in [3.05, 3.63) is 28.5 Å². The highest BCUT2D eigenvalue weighted by Crippen LogP contribution is 2.31. The van der Waals surface area contributed by atoms with E-state index in [4.69, 9.17) is 11.6 Å². The average molecular weight is 282 g/mol. The number of pyridine rings is 1. The van der Waals surface area contributed by atoms with Gasteiger partial charge >= 0.3 is 6.18 Å². The van der Waals surface area contributed by atoms with Gasteiger partial charge in [0.05, 0.1) is 22.4 Å². The van der Waals surface area contributed by atoms with Gasteiger partial charge in [0.1, 0.15) is 0 Å². The van der Waals surface area contributed by atoms with Crippen LogP contribution in [0.1, 0.15) is 31.5 Å². The van der Waals surface area contributed by atoms with Crippen LogP contribution in [-0.2, 0) is 12.6 Å². The van der Waals surface area contributed by atoms with Crippen LogP contribution in [0.2, 0.25) is 5.02 Å². The van der Waals surface area contributed by atoms with Gasteiger partial charge in [-0.3, -0.25) is 4.98 Å². The van der Waals surface area contributed by atoms with E-state index in [-0.39, 0.29) is 17.1 Å². The lowest BCUT2D eigenvalue weighted by Crippen LogP contribution is -2.15. The normalized spacial score (nSPS) is 14.0. The van der Waals surface area contributed by atoms with Crippen LogP contribution in [-0.4, -0.2) is 16.2 Å². The number of rotatable bonds is 4. The van der Waals surface area contributed by atoms with E-state index in [1.807, 2.05) is 13.8 Å². The Hall–Kier alpha value is -0.810. The predicted molar refractivity (Wildman–Crippen MR) is 63.4 cm³/mol. The highest BCUT2D eigenvalue weighted by atomic mass is 35.5. The second kappa shape index (κ2) is 5.89. The molecule has 1 rings (SSSR count). The van der Waals surface area contributed by atoms with Gasteiger partial charge in [0.2, 0.25) is 0 Å². The third-order valence-corrected chi connectivity index (χ3v) is 2.74. The molecule has 102 valence electrons. The number of alkyl halides is 3. The summed E-state index contributed by atoms with van der Waals surface area (Å²) < 4.78 is 37.2. The van der Waals surface area contributed by atoms with Crippen molar-refractivity contribution in [2.75, 3.05) is 0 Å². The Kier molecular flexibility index (Phi) is 4.99. The van der Waals surface area contributed by atoms with Gasteiger partial charge in [0, 0.05) is 12.6 Å². The summed E-state index contributed by atoms with van der Waals surface area (Å²) in [6, 6.07) is 0.839. The van der Waals surface area contributed by atoms with Crippen LogP contribution in [0, 0.1) is 5.92 Å². The van der Waals surface area contributed by atoms with Crippen LogP contribution in [0.5, 0.6) is 0 Å². The van der Waals surface area contributed by atoms with E-state index in [0.717, 1.165) is 12.3 Å². The molecule has 0 saturated heterocycles. The number of halogens is 4. The molecule has 0 aliphatic rings. The van der Waals surface area contributed by atoms with Crippen LogP contribution < -0.4 is 0 Å². The number of aromatic nitrogens is 1. The van der Waals surface area contributed by atoms with Crippen LogP contribution in [0.3, 0.4) is 0 Å². The number of aliphatic hydroxyl groups is 1. The summed E-state index contributed by atoms with van der Waals surface area (Å²) in [5, 5.41) is 9.64. The summed E-state index contributed by atoms with van der Waals surface area (Å²) in [4.78, 5) is 3.68. The predicted octanol–water partition coefficient (Wildman–Crippen LogP) is 3.70. The smallest absolute Gasteiger partial charge is 0.393 e. The van der Waals surface area contributed by atoms with Crippen LogP contribution >= 0.6 is 11.6 Å². The molecule has 0 aliphatic heterocycles. The lowest BCUT2D eigenvalue weighted by atomic mass is 10.0. The zero-order valence-electron chi connectivity index (χ0n) is 10.1. The minimum atomic E-state index is -4.45. The fourth-order valence-electron chi connectivity index (χ4n) is 1.62. The molecule has 1 atom stereocenters. The molecule has 2 nitrogen and oxygen atoms in total. The summed E-state index contributed by atoms with van der Waals surface area (Å²) in [6.07, 6.45) is -3.64. The molecule has 6 heteroatoms. The van der Waals surface area contributed by atoms with Gasteiger partial charge in [-0.2, -0.15) is 13.2 Å². The molecule has 1 aromatic rings. The molecule has 0 amide bonds. The van der Waals surface area contributed by atoms with Crippen molar-refractivity contribution in [3.63, 3.8) is 0 Å². The average Bonchev–Trinajstić information content (AvgIpc) is 2.18. The van der Waals surface area contributed by atoms with Gasteiger partial charge in [-0.25, -0.2) is 0 Å². The Labute approximate surface area is 109 Å². The fourth-order valence-corrected chi connectivity index (χ4v) is 1.87.